The van der Waals surface area contributed by atoms with Gasteiger partial charge in [-0.2, -0.15) is 9.57 Å². The summed E-state index contributed by atoms with van der Waals surface area (Å²) in [7, 11) is -3.66. The Morgan fingerprint density at radius 1 is 1.19 bits per heavy atom. The van der Waals surface area contributed by atoms with Crippen LogP contribution in [0.15, 0.2) is 47.4 Å². The molecule has 162 valence electrons. The number of carboxylic acid groups (broad SMARTS) is 1. The maximum absolute atomic E-state index is 13.0. The van der Waals surface area contributed by atoms with E-state index in [1.807, 2.05) is 13.0 Å². The molecule has 1 saturated heterocycles. The van der Waals surface area contributed by atoms with Crippen molar-refractivity contribution in [1.82, 2.24) is 4.31 Å². The first kappa shape index (κ1) is 22.5. The first-order valence-electron chi connectivity index (χ1n) is 9.98. The number of carbonyl (C=O) groups is 2. The highest BCUT2D eigenvalue weighted by Crippen LogP contribution is 2.27. The van der Waals surface area contributed by atoms with Gasteiger partial charge in [0.1, 0.15) is 0 Å². The lowest BCUT2D eigenvalue weighted by Crippen LogP contribution is -2.43. The maximum atomic E-state index is 13.0. The molecule has 2 N–H and O–H groups in total. The summed E-state index contributed by atoms with van der Waals surface area (Å²) < 4.78 is 27.6. The highest BCUT2D eigenvalue weighted by Gasteiger charge is 2.32. The molecule has 0 spiro atoms. The van der Waals surface area contributed by atoms with Crippen LogP contribution in [0.1, 0.15) is 58.9 Å². The lowest BCUT2D eigenvalue weighted by atomic mass is 10.0. The third kappa shape index (κ3) is 4.76. The largest absolute Gasteiger partial charge is 0.478 e. The number of nitrogens with one attached hydrogen (secondary N) is 1. The van der Waals surface area contributed by atoms with Crippen molar-refractivity contribution in [2.45, 2.75) is 43.5 Å². The molecule has 31 heavy (non-hydrogen) atoms. The van der Waals surface area contributed by atoms with E-state index < -0.39 is 21.9 Å². The molecule has 0 radical (unpaired) electrons. The zero-order valence-electron chi connectivity index (χ0n) is 17.0. The molecule has 3 rings (SSSR count). The Hall–Kier alpha value is -3.22. The minimum absolute atomic E-state index is 0.0208. The molecule has 1 atom stereocenters. The van der Waals surface area contributed by atoms with Gasteiger partial charge in [0.15, 0.2) is 0 Å². The van der Waals surface area contributed by atoms with E-state index in [0.717, 1.165) is 25.7 Å². The van der Waals surface area contributed by atoms with Gasteiger partial charge in [-0.15, -0.1) is 0 Å². The second-order valence-corrected chi connectivity index (χ2v) is 9.22. The number of sulfonamides is 1. The van der Waals surface area contributed by atoms with Crippen LogP contribution in [0.2, 0.25) is 0 Å². The molecule has 0 bridgehead atoms. The zero-order valence-corrected chi connectivity index (χ0v) is 17.9. The molecular weight excluding hydrogens is 418 g/mol. The number of carbonyl (C=O) groups excluding carboxylic acids is 1. The van der Waals surface area contributed by atoms with Gasteiger partial charge in [0.25, 0.3) is 5.91 Å². The minimum atomic E-state index is -3.66. The highest BCUT2D eigenvalue weighted by molar-refractivity contribution is 7.89. The number of anilines is 1. The number of piperidine rings is 1. The van der Waals surface area contributed by atoms with Gasteiger partial charge >= 0.3 is 5.97 Å². The van der Waals surface area contributed by atoms with Crippen molar-refractivity contribution in [3.05, 3.63) is 59.2 Å². The number of rotatable bonds is 6. The third-order valence-electron chi connectivity index (χ3n) is 5.39. The van der Waals surface area contributed by atoms with Gasteiger partial charge in [0.05, 0.1) is 27.8 Å². The van der Waals surface area contributed by atoms with Crippen LogP contribution in [0, 0.1) is 11.3 Å². The Morgan fingerprint density at radius 2 is 1.90 bits per heavy atom. The Kier molecular flexibility index (Phi) is 6.73. The fourth-order valence-corrected chi connectivity index (χ4v) is 5.47. The van der Waals surface area contributed by atoms with Crippen molar-refractivity contribution in [3.63, 3.8) is 0 Å². The molecule has 2 aromatic carbocycles. The summed E-state index contributed by atoms with van der Waals surface area (Å²) in [5.41, 5.74) is 0.188. The van der Waals surface area contributed by atoms with Crippen molar-refractivity contribution in [3.8, 4) is 6.07 Å². The van der Waals surface area contributed by atoms with Crippen LogP contribution in [0.25, 0.3) is 0 Å². The van der Waals surface area contributed by atoms with Gasteiger partial charge in [0, 0.05) is 18.2 Å². The number of amides is 1. The molecule has 0 aromatic heterocycles. The number of hydrogen-bond acceptors (Lipinski definition) is 5. The van der Waals surface area contributed by atoms with E-state index in [2.05, 4.69) is 5.32 Å². The van der Waals surface area contributed by atoms with Gasteiger partial charge in [-0.25, -0.2) is 13.2 Å². The number of carboxylic acids is 1. The van der Waals surface area contributed by atoms with E-state index >= 15 is 0 Å². The fourth-order valence-electron chi connectivity index (χ4n) is 3.71. The van der Waals surface area contributed by atoms with Gasteiger partial charge in [-0.1, -0.05) is 13.3 Å². The topological polar surface area (TPSA) is 128 Å². The summed E-state index contributed by atoms with van der Waals surface area (Å²) in [6.45, 7) is 2.46. The predicted octanol–water partition coefficient (Wildman–Crippen LogP) is 3.46. The number of hydrogen-bond donors (Lipinski definition) is 2. The molecule has 2 aromatic rings. The van der Waals surface area contributed by atoms with E-state index in [1.165, 1.54) is 42.5 Å². The van der Waals surface area contributed by atoms with Crippen LogP contribution in [0.3, 0.4) is 0 Å². The number of nitrogens with zero attached hydrogens (tertiary/aromatic N) is 2. The number of aromatic carboxylic acids is 1. The van der Waals surface area contributed by atoms with Crippen LogP contribution in [-0.2, 0) is 10.0 Å². The lowest BCUT2D eigenvalue weighted by molar-refractivity contribution is 0.0698. The van der Waals surface area contributed by atoms with Gasteiger partial charge in [-0.05, 0) is 61.7 Å². The quantitative estimate of drug-likeness (QED) is 0.707. The molecule has 1 unspecified atom stereocenters. The summed E-state index contributed by atoms with van der Waals surface area (Å²) in [6, 6.07) is 11.3. The van der Waals surface area contributed by atoms with Crippen molar-refractivity contribution in [1.29, 1.82) is 5.26 Å². The summed E-state index contributed by atoms with van der Waals surface area (Å²) >= 11 is 0. The van der Waals surface area contributed by atoms with E-state index in [4.69, 9.17) is 5.26 Å². The van der Waals surface area contributed by atoms with E-state index in [0.29, 0.717) is 6.54 Å². The molecule has 1 aliphatic rings. The lowest BCUT2D eigenvalue weighted by Gasteiger charge is -2.34. The van der Waals surface area contributed by atoms with Crippen LogP contribution >= 0.6 is 0 Å². The molecule has 1 amide bonds. The first-order chi connectivity index (χ1) is 14.8. The van der Waals surface area contributed by atoms with Crippen molar-refractivity contribution < 1.29 is 23.1 Å². The Morgan fingerprint density at radius 3 is 2.52 bits per heavy atom. The predicted molar refractivity (Wildman–Crippen MR) is 114 cm³/mol. The molecule has 0 aliphatic carbocycles. The Balaban J connectivity index is 1.81. The molecule has 1 aliphatic heterocycles. The molecule has 9 heteroatoms. The zero-order chi connectivity index (χ0) is 22.6. The average molecular weight is 442 g/mol. The molecule has 1 heterocycles. The third-order valence-corrected chi connectivity index (χ3v) is 7.36. The van der Waals surface area contributed by atoms with Gasteiger partial charge in [-0.3, -0.25) is 4.79 Å². The molecule has 0 saturated carbocycles. The second kappa shape index (κ2) is 9.29. The molecule has 1 fully saturated rings. The van der Waals surface area contributed by atoms with Crippen LogP contribution in [-0.4, -0.2) is 42.3 Å². The van der Waals surface area contributed by atoms with E-state index in [1.54, 1.807) is 4.31 Å². The van der Waals surface area contributed by atoms with E-state index in [9.17, 15) is 23.1 Å². The van der Waals surface area contributed by atoms with Gasteiger partial charge in [0.2, 0.25) is 10.0 Å². The number of benzene rings is 2. The van der Waals surface area contributed by atoms with Crippen LogP contribution < -0.4 is 5.32 Å². The summed E-state index contributed by atoms with van der Waals surface area (Å²) in [4.78, 5) is 24.1. The average Bonchev–Trinajstić information content (AvgIpc) is 2.79. The van der Waals surface area contributed by atoms with Crippen LogP contribution in [0.5, 0.6) is 0 Å². The molecular formula is C22H23N3O5S. The highest BCUT2D eigenvalue weighted by atomic mass is 32.2. The summed E-state index contributed by atoms with van der Waals surface area (Å²) in [5, 5.41) is 20.8. The summed E-state index contributed by atoms with van der Waals surface area (Å²) in [5.74, 6) is -1.86. The van der Waals surface area contributed by atoms with Crippen molar-refractivity contribution in [2.75, 3.05) is 11.9 Å². The van der Waals surface area contributed by atoms with E-state index in [-0.39, 0.29) is 33.3 Å². The second-order valence-electron chi connectivity index (χ2n) is 7.33. The molecule has 8 nitrogen and oxygen atoms in total. The smallest absolute Gasteiger partial charge is 0.337 e. The summed E-state index contributed by atoms with van der Waals surface area (Å²) in [6.07, 6.45) is 3.42. The Bertz CT molecular complexity index is 1140. The van der Waals surface area contributed by atoms with Crippen molar-refractivity contribution >= 4 is 27.6 Å². The first-order valence-corrected chi connectivity index (χ1v) is 11.4. The number of nitriles is 1. The SMILES string of the molecule is CCC1CCCCN1S(=O)(=O)c1ccc(C(=O)Nc2ccc(C#N)cc2C(=O)O)cc1. The standard InChI is InChI=1S/C22H23N3O5S/c1-2-17-5-3-4-12-25(17)31(29,30)18-9-7-16(8-10-18)21(26)24-20-11-6-15(14-23)13-19(20)22(27)28/h6-11,13,17H,2-5,12H2,1H3,(H,24,26)(H,27,28). The van der Waals surface area contributed by atoms with Crippen molar-refractivity contribution in [2.24, 2.45) is 0 Å². The van der Waals surface area contributed by atoms with Gasteiger partial charge < -0.3 is 10.4 Å². The maximum Gasteiger partial charge on any atom is 0.337 e. The minimum Gasteiger partial charge on any atom is -0.478 e. The fraction of sp³-hybridized carbons (Fsp3) is 0.318. The normalized spacial score (nSPS) is 17.0. The Labute approximate surface area is 181 Å². The van der Waals surface area contributed by atoms with Crippen LogP contribution in [0.4, 0.5) is 5.69 Å². The monoisotopic (exact) mass is 441 g/mol.